The highest BCUT2D eigenvalue weighted by molar-refractivity contribution is 5.85. The number of carbonyl (C=O) groups excluding carboxylic acids is 1. The number of H-pyrrole nitrogens is 2. The van der Waals surface area contributed by atoms with E-state index in [0.29, 0.717) is 4.73 Å². The molecule has 0 aromatic carbocycles. The zero-order valence-electron chi connectivity index (χ0n) is 8.01. The van der Waals surface area contributed by atoms with Gasteiger partial charge in [0.25, 0.3) is 5.56 Å². The Balaban J connectivity index is 0.00000128. The van der Waals surface area contributed by atoms with Crippen LogP contribution >= 0.6 is 12.4 Å². The molecule has 9 heteroatoms. The first kappa shape index (κ1) is 12.0. The molecule has 0 atom stereocenters. The summed E-state index contributed by atoms with van der Waals surface area (Å²) in [5, 5.41) is 0. The number of halogens is 1. The number of fused-ring (bicyclic) bond motifs is 1. The smallest absolute Gasteiger partial charge is 0.339 e. The average molecular weight is 247 g/mol. The van der Waals surface area contributed by atoms with Gasteiger partial charge in [-0.25, -0.2) is 14.6 Å². The molecule has 2 N–H and O–H groups in total. The second kappa shape index (κ2) is 4.19. The standard InChI is InChI=1S/C7H6N4O4.ClH/c1-3(12)15-11-5-4(8-2-9-5)6(13)10-7(11)14;/h2H,1H3,(H,8,9)(H,10,13,14);1H. The lowest BCUT2D eigenvalue weighted by atomic mass is 10.5. The number of nitrogens with zero attached hydrogens (tertiary/aromatic N) is 2. The largest absolute Gasteiger partial charge is 0.364 e. The van der Waals surface area contributed by atoms with Crippen molar-refractivity contribution in [2.24, 2.45) is 0 Å². The van der Waals surface area contributed by atoms with Gasteiger partial charge in [0.15, 0.2) is 5.52 Å². The lowest BCUT2D eigenvalue weighted by molar-refractivity contribution is -0.141. The van der Waals surface area contributed by atoms with Gasteiger partial charge in [-0.1, -0.05) is 4.73 Å². The maximum Gasteiger partial charge on any atom is 0.364 e. The van der Waals surface area contributed by atoms with E-state index < -0.39 is 17.2 Å². The van der Waals surface area contributed by atoms with E-state index in [1.54, 1.807) is 0 Å². The molecule has 2 aromatic rings. The van der Waals surface area contributed by atoms with Crippen LogP contribution in [-0.2, 0) is 4.79 Å². The number of nitrogens with one attached hydrogen (secondary N) is 2. The van der Waals surface area contributed by atoms with Crippen LogP contribution in [-0.4, -0.2) is 25.7 Å². The van der Waals surface area contributed by atoms with Gasteiger partial charge in [-0.2, -0.15) is 0 Å². The third kappa shape index (κ3) is 1.82. The Morgan fingerprint density at radius 1 is 1.50 bits per heavy atom. The van der Waals surface area contributed by atoms with Crippen molar-refractivity contribution < 1.29 is 9.63 Å². The topological polar surface area (TPSA) is 110 Å². The summed E-state index contributed by atoms with van der Waals surface area (Å²) in [5.41, 5.74) is -1.43. The number of imidazole rings is 1. The van der Waals surface area contributed by atoms with Gasteiger partial charge in [0.1, 0.15) is 0 Å². The summed E-state index contributed by atoms with van der Waals surface area (Å²) in [5.74, 6) is -0.687. The average Bonchev–Trinajstić information content (AvgIpc) is 2.60. The highest BCUT2D eigenvalue weighted by Gasteiger charge is 2.11. The summed E-state index contributed by atoms with van der Waals surface area (Å²) in [6.07, 6.45) is 1.22. The van der Waals surface area contributed by atoms with Gasteiger partial charge >= 0.3 is 11.7 Å². The molecule has 0 amide bonds. The van der Waals surface area contributed by atoms with Crippen LogP contribution in [0.25, 0.3) is 11.2 Å². The lowest BCUT2D eigenvalue weighted by Crippen LogP contribution is -2.36. The fraction of sp³-hybridized carbons (Fsp3) is 0.143. The number of hydrogen-bond acceptors (Lipinski definition) is 5. The van der Waals surface area contributed by atoms with Crippen molar-refractivity contribution in [1.29, 1.82) is 0 Å². The molecule has 2 heterocycles. The summed E-state index contributed by atoms with van der Waals surface area (Å²) < 4.78 is 0.621. The quantitative estimate of drug-likeness (QED) is 0.657. The number of rotatable bonds is 1. The van der Waals surface area contributed by atoms with E-state index in [9.17, 15) is 14.4 Å². The van der Waals surface area contributed by atoms with Gasteiger partial charge in [-0.15, -0.1) is 12.4 Å². The van der Waals surface area contributed by atoms with E-state index in [4.69, 9.17) is 0 Å². The minimum Gasteiger partial charge on any atom is -0.339 e. The second-order valence-corrected chi connectivity index (χ2v) is 2.74. The van der Waals surface area contributed by atoms with Crippen molar-refractivity contribution in [1.82, 2.24) is 19.7 Å². The molecule has 2 aromatic heterocycles. The summed E-state index contributed by atoms with van der Waals surface area (Å²) >= 11 is 0. The molecular formula is C7H7ClN4O4. The molecule has 86 valence electrons. The van der Waals surface area contributed by atoms with E-state index in [0.717, 1.165) is 6.92 Å². The van der Waals surface area contributed by atoms with Gasteiger partial charge in [0, 0.05) is 6.92 Å². The maximum atomic E-state index is 11.3. The van der Waals surface area contributed by atoms with Gasteiger partial charge in [-0.05, 0) is 0 Å². The summed E-state index contributed by atoms with van der Waals surface area (Å²) in [6, 6.07) is 0. The molecule has 0 fully saturated rings. The molecule has 0 spiro atoms. The molecule has 0 aliphatic heterocycles. The van der Waals surface area contributed by atoms with Crippen LogP contribution in [0.3, 0.4) is 0 Å². The van der Waals surface area contributed by atoms with E-state index in [1.807, 2.05) is 4.98 Å². The predicted octanol–water partition coefficient (Wildman–Crippen LogP) is -1.19. The molecule has 0 radical (unpaired) electrons. The highest BCUT2D eigenvalue weighted by Crippen LogP contribution is 1.97. The van der Waals surface area contributed by atoms with E-state index in [2.05, 4.69) is 14.8 Å². The Morgan fingerprint density at radius 2 is 2.19 bits per heavy atom. The predicted molar refractivity (Wildman–Crippen MR) is 55.5 cm³/mol. The van der Waals surface area contributed by atoms with Crippen LogP contribution in [0.5, 0.6) is 0 Å². The number of aromatic amines is 2. The molecule has 8 nitrogen and oxygen atoms in total. The van der Waals surface area contributed by atoms with Crippen molar-refractivity contribution in [2.75, 3.05) is 0 Å². The molecule has 16 heavy (non-hydrogen) atoms. The molecule has 0 bridgehead atoms. The summed E-state index contributed by atoms with van der Waals surface area (Å²) in [6.45, 7) is 1.13. The van der Waals surface area contributed by atoms with Gasteiger partial charge in [0.05, 0.1) is 6.33 Å². The van der Waals surface area contributed by atoms with Crippen molar-refractivity contribution in [3.8, 4) is 0 Å². The zero-order valence-corrected chi connectivity index (χ0v) is 8.83. The van der Waals surface area contributed by atoms with Crippen LogP contribution in [0, 0.1) is 0 Å². The fourth-order valence-electron chi connectivity index (χ4n) is 1.13. The normalized spacial score (nSPS) is 9.81. The number of carbonyl (C=O) groups is 1. The Morgan fingerprint density at radius 3 is 2.81 bits per heavy atom. The number of hydrogen-bond donors (Lipinski definition) is 2. The third-order valence-corrected chi connectivity index (χ3v) is 1.66. The number of aromatic nitrogens is 4. The van der Waals surface area contributed by atoms with Crippen LogP contribution < -0.4 is 16.1 Å². The molecular weight excluding hydrogens is 240 g/mol. The monoisotopic (exact) mass is 246 g/mol. The van der Waals surface area contributed by atoms with E-state index >= 15 is 0 Å². The molecule has 0 saturated heterocycles. The van der Waals surface area contributed by atoms with Crippen molar-refractivity contribution >= 4 is 29.5 Å². The Hall–Kier alpha value is -2.09. The fourth-order valence-corrected chi connectivity index (χ4v) is 1.13. The lowest BCUT2D eigenvalue weighted by Gasteiger charge is -2.02. The van der Waals surface area contributed by atoms with Gasteiger partial charge in [0.2, 0.25) is 5.65 Å². The molecule has 0 aliphatic carbocycles. The van der Waals surface area contributed by atoms with Gasteiger partial charge in [-0.3, -0.25) is 9.78 Å². The molecule has 0 aliphatic rings. The summed E-state index contributed by atoms with van der Waals surface area (Å²) in [4.78, 5) is 46.0. The van der Waals surface area contributed by atoms with Crippen molar-refractivity contribution in [3.63, 3.8) is 0 Å². The van der Waals surface area contributed by atoms with Gasteiger partial charge < -0.3 is 9.82 Å². The summed E-state index contributed by atoms with van der Waals surface area (Å²) in [7, 11) is 0. The van der Waals surface area contributed by atoms with Crippen LogP contribution in [0.15, 0.2) is 15.9 Å². The Labute approximate surface area is 93.6 Å². The van der Waals surface area contributed by atoms with Crippen LogP contribution in [0.4, 0.5) is 0 Å². The zero-order chi connectivity index (χ0) is 11.0. The second-order valence-electron chi connectivity index (χ2n) is 2.74. The molecule has 2 rings (SSSR count). The Bertz CT molecular complexity index is 640. The first-order valence-electron chi connectivity index (χ1n) is 3.97. The van der Waals surface area contributed by atoms with E-state index in [1.165, 1.54) is 6.33 Å². The highest BCUT2D eigenvalue weighted by atomic mass is 35.5. The molecule has 0 saturated carbocycles. The SMILES string of the molecule is CC(=O)On1c(=O)[nH]c(=O)c2[nH]cnc21.Cl. The first-order valence-corrected chi connectivity index (χ1v) is 3.97. The minimum atomic E-state index is -0.852. The Kier molecular flexibility index (Phi) is 3.14. The van der Waals surface area contributed by atoms with Crippen molar-refractivity contribution in [3.05, 3.63) is 27.2 Å². The van der Waals surface area contributed by atoms with Crippen LogP contribution in [0.2, 0.25) is 0 Å². The van der Waals surface area contributed by atoms with Crippen molar-refractivity contribution in [2.45, 2.75) is 6.92 Å². The van der Waals surface area contributed by atoms with Crippen LogP contribution in [0.1, 0.15) is 6.92 Å². The third-order valence-electron chi connectivity index (χ3n) is 1.66. The minimum absolute atomic E-state index is 0. The maximum absolute atomic E-state index is 11.3. The first-order chi connectivity index (χ1) is 7.09. The molecule has 0 unspecified atom stereocenters. The van der Waals surface area contributed by atoms with E-state index in [-0.39, 0.29) is 23.6 Å².